The lowest BCUT2D eigenvalue weighted by atomic mass is 10.1. The molecule has 0 radical (unpaired) electrons. The maximum Gasteiger partial charge on any atom is 0.291 e. The summed E-state index contributed by atoms with van der Waals surface area (Å²) in [7, 11) is 1.65. The average Bonchev–Trinajstić information content (AvgIpc) is 3.08. The van der Waals surface area contributed by atoms with Crippen LogP contribution in [0.15, 0.2) is 52.9 Å². The summed E-state index contributed by atoms with van der Waals surface area (Å²) >= 11 is 5.36. The Morgan fingerprint density at radius 1 is 1.10 bits per heavy atom. The second kappa shape index (κ2) is 8.75. The molecule has 0 amide bonds. The van der Waals surface area contributed by atoms with Crippen molar-refractivity contribution in [2.75, 3.05) is 38.2 Å². The number of halogens is 1. The van der Waals surface area contributed by atoms with E-state index < -0.39 is 0 Å². The summed E-state index contributed by atoms with van der Waals surface area (Å²) in [6.45, 7) is 4.41. The molecule has 8 heteroatoms. The third kappa shape index (κ3) is 4.83. The van der Waals surface area contributed by atoms with Crippen LogP contribution in [0.3, 0.4) is 0 Å². The maximum atomic E-state index is 13.1. The van der Waals surface area contributed by atoms with Gasteiger partial charge in [0.1, 0.15) is 11.6 Å². The number of ether oxygens (including phenoxy) is 1. The quantitative estimate of drug-likeness (QED) is 0.626. The number of nitrogens with zero attached hydrogens (tertiary/aromatic N) is 3. The number of rotatable bonds is 6. The zero-order valence-electron chi connectivity index (χ0n) is 16.3. The highest BCUT2D eigenvalue weighted by molar-refractivity contribution is 7.71. The Labute approximate surface area is 174 Å². The van der Waals surface area contributed by atoms with Crippen LogP contribution >= 0.6 is 12.2 Å². The number of methoxy groups -OCH3 is 1. The van der Waals surface area contributed by atoms with Crippen molar-refractivity contribution in [1.29, 1.82) is 0 Å². The van der Waals surface area contributed by atoms with Gasteiger partial charge in [-0.3, -0.25) is 0 Å². The highest BCUT2D eigenvalue weighted by Crippen LogP contribution is 2.15. The van der Waals surface area contributed by atoms with Crippen molar-refractivity contribution >= 4 is 17.9 Å². The van der Waals surface area contributed by atoms with E-state index in [4.69, 9.17) is 21.4 Å². The van der Waals surface area contributed by atoms with E-state index in [0.29, 0.717) is 23.8 Å². The molecule has 0 saturated carbocycles. The monoisotopic (exact) mass is 415 g/mol. The minimum Gasteiger partial charge on any atom is -0.497 e. The second-order valence-electron chi connectivity index (χ2n) is 7.16. The Hall–Kier alpha value is -2.71. The Kier molecular flexibility index (Phi) is 5.92. The summed E-state index contributed by atoms with van der Waals surface area (Å²) in [6, 6.07) is 14.5. The Morgan fingerprint density at radius 2 is 1.79 bits per heavy atom. The SMILES string of the molecule is COc1ccc(Cc2nn(C[NH+]3CCN(c4ccc(F)cc4)CC3)c(=S)o2)cc1. The van der Waals surface area contributed by atoms with Crippen LogP contribution in [0, 0.1) is 10.7 Å². The maximum absolute atomic E-state index is 13.1. The Bertz CT molecular complexity index is 993. The molecular weight excluding hydrogens is 391 g/mol. The Morgan fingerprint density at radius 3 is 2.45 bits per heavy atom. The average molecular weight is 416 g/mol. The van der Waals surface area contributed by atoms with Crippen molar-refractivity contribution in [3.8, 4) is 5.75 Å². The number of quaternary nitrogens is 1. The fourth-order valence-corrected chi connectivity index (χ4v) is 3.74. The normalized spacial score (nSPS) is 14.9. The van der Waals surface area contributed by atoms with Gasteiger partial charge in [-0.1, -0.05) is 12.1 Å². The van der Waals surface area contributed by atoms with Crippen molar-refractivity contribution < 1.29 is 18.4 Å². The van der Waals surface area contributed by atoms with Gasteiger partial charge in [0, 0.05) is 5.69 Å². The highest BCUT2D eigenvalue weighted by atomic mass is 32.1. The Balaban J connectivity index is 1.34. The molecule has 0 atom stereocenters. The van der Waals surface area contributed by atoms with Crippen molar-refractivity contribution in [2.45, 2.75) is 13.1 Å². The van der Waals surface area contributed by atoms with E-state index in [1.54, 1.807) is 11.8 Å². The number of piperazine rings is 1. The van der Waals surface area contributed by atoms with Crippen LogP contribution in [0.25, 0.3) is 0 Å². The van der Waals surface area contributed by atoms with Crippen molar-refractivity contribution in [2.24, 2.45) is 0 Å². The van der Waals surface area contributed by atoms with Gasteiger partial charge in [-0.25, -0.2) is 4.39 Å². The summed E-state index contributed by atoms with van der Waals surface area (Å²) < 4.78 is 25.8. The van der Waals surface area contributed by atoms with Crippen molar-refractivity contribution in [3.05, 3.63) is 70.6 Å². The molecule has 0 unspecified atom stereocenters. The summed E-state index contributed by atoms with van der Waals surface area (Å²) in [5.74, 6) is 1.23. The number of aromatic nitrogens is 2. The molecule has 1 aliphatic heterocycles. The molecular formula is C21H24FN4O2S+. The van der Waals surface area contributed by atoms with Crippen LogP contribution in [-0.2, 0) is 13.1 Å². The van der Waals surface area contributed by atoms with Crippen LogP contribution in [0.1, 0.15) is 11.5 Å². The van der Waals surface area contributed by atoms with E-state index in [-0.39, 0.29) is 5.82 Å². The smallest absolute Gasteiger partial charge is 0.291 e. The van der Waals surface area contributed by atoms with Gasteiger partial charge < -0.3 is 19.0 Å². The zero-order valence-corrected chi connectivity index (χ0v) is 17.1. The second-order valence-corrected chi connectivity index (χ2v) is 7.51. The zero-order chi connectivity index (χ0) is 20.2. The summed E-state index contributed by atoms with van der Waals surface area (Å²) in [6.07, 6.45) is 0.592. The molecule has 0 bridgehead atoms. The number of nitrogens with one attached hydrogen (secondary N) is 1. The van der Waals surface area contributed by atoms with E-state index in [1.807, 2.05) is 36.4 Å². The molecule has 0 aliphatic carbocycles. The predicted molar refractivity (Wildman–Crippen MR) is 110 cm³/mol. The third-order valence-electron chi connectivity index (χ3n) is 5.20. The largest absolute Gasteiger partial charge is 0.497 e. The molecule has 4 rings (SSSR count). The topological polar surface area (TPSA) is 47.9 Å². The van der Waals surface area contributed by atoms with Gasteiger partial charge in [0.05, 0.1) is 39.7 Å². The van der Waals surface area contributed by atoms with Crippen molar-refractivity contribution in [3.63, 3.8) is 0 Å². The molecule has 2 aromatic carbocycles. The molecule has 2 heterocycles. The molecule has 152 valence electrons. The number of hydrogen-bond acceptors (Lipinski definition) is 5. The first-order valence-corrected chi connectivity index (χ1v) is 10.1. The van der Waals surface area contributed by atoms with Crippen LogP contribution < -0.4 is 14.5 Å². The van der Waals surface area contributed by atoms with E-state index in [0.717, 1.165) is 43.2 Å². The first-order chi connectivity index (χ1) is 14.1. The van der Waals surface area contributed by atoms with Gasteiger partial charge in [-0.2, -0.15) is 4.68 Å². The molecule has 1 aliphatic rings. The summed E-state index contributed by atoms with van der Waals surface area (Å²) in [5, 5.41) is 4.57. The lowest BCUT2D eigenvalue weighted by molar-refractivity contribution is -0.924. The van der Waals surface area contributed by atoms with E-state index in [2.05, 4.69) is 10.00 Å². The molecule has 29 heavy (non-hydrogen) atoms. The lowest BCUT2D eigenvalue weighted by Gasteiger charge is -2.33. The first kappa shape index (κ1) is 19.6. The third-order valence-corrected chi connectivity index (χ3v) is 5.49. The first-order valence-electron chi connectivity index (χ1n) is 9.64. The number of anilines is 1. The van der Waals surface area contributed by atoms with Gasteiger partial charge in [0.2, 0.25) is 5.89 Å². The molecule has 1 N–H and O–H groups in total. The van der Waals surface area contributed by atoms with Gasteiger partial charge in [-0.15, -0.1) is 5.10 Å². The van der Waals surface area contributed by atoms with Gasteiger partial charge in [-0.05, 0) is 54.2 Å². The minimum absolute atomic E-state index is 0.205. The van der Waals surface area contributed by atoms with Crippen LogP contribution in [0.4, 0.5) is 10.1 Å². The predicted octanol–water partition coefficient (Wildman–Crippen LogP) is 2.31. The minimum atomic E-state index is -0.205. The van der Waals surface area contributed by atoms with E-state index in [1.165, 1.54) is 17.0 Å². The van der Waals surface area contributed by atoms with E-state index in [9.17, 15) is 4.39 Å². The highest BCUT2D eigenvalue weighted by Gasteiger charge is 2.21. The molecule has 3 aromatic rings. The number of benzene rings is 2. The van der Waals surface area contributed by atoms with Gasteiger partial charge in [0.25, 0.3) is 4.84 Å². The molecule has 1 aromatic heterocycles. The molecule has 1 saturated heterocycles. The van der Waals surface area contributed by atoms with Crippen LogP contribution in [0.5, 0.6) is 5.75 Å². The van der Waals surface area contributed by atoms with Crippen molar-refractivity contribution in [1.82, 2.24) is 9.78 Å². The fourth-order valence-electron chi connectivity index (χ4n) is 3.54. The van der Waals surface area contributed by atoms with Crippen LogP contribution in [-0.4, -0.2) is 43.1 Å². The van der Waals surface area contributed by atoms with Gasteiger partial charge >= 0.3 is 0 Å². The number of hydrogen-bond donors (Lipinski definition) is 1. The van der Waals surface area contributed by atoms with Gasteiger partial charge in [0.15, 0.2) is 6.67 Å². The molecule has 6 nitrogen and oxygen atoms in total. The standard InChI is InChI=1S/C21H23FN4O2S/c1-27-19-8-2-16(3-9-19)14-20-23-26(21(29)28-20)15-24-10-12-25(13-11-24)18-6-4-17(22)5-7-18/h2-9H,10-15H2,1H3/p+1. The molecule has 0 spiro atoms. The summed E-state index contributed by atoms with van der Waals surface area (Å²) in [4.78, 5) is 4.07. The fraction of sp³-hybridized carbons (Fsp3) is 0.333. The van der Waals surface area contributed by atoms with E-state index >= 15 is 0 Å². The molecule has 1 fully saturated rings. The lowest BCUT2D eigenvalue weighted by Crippen LogP contribution is -3.14. The van der Waals surface area contributed by atoms with Crippen LogP contribution in [0.2, 0.25) is 0 Å². The summed E-state index contributed by atoms with van der Waals surface area (Å²) in [5.41, 5.74) is 2.15.